The van der Waals surface area contributed by atoms with Gasteiger partial charge in [0.15, 0.2) is 9.84 Å². The highest BCUT2D eigenvalue weighted by molar-refractivity contribution is 7.92. The first kappa shape index (κ1) is 14.1. The molecule has 1 aliphatic rings. The van der Waals surface area contributed by atoms with Crippen LogP contribution < -0.4 is 5.32 Å². The summed E-state index contributed by atoms with van der Waals surface area (Å²) in [4.78, 5) is 14.8. The summed E-state index contributed by atoms with van der Waals surface area (Å²) < 4.78 is 23.3. The van der Waals surface area contributed by atoms with Crippen LogP contribution in [0.25, 0.3) is 0 Å². The van der Waals surface area contributed by atoms with Crippen LogP contribution in [0.2, 0.25) is 5.02 Å². The Morgan fingerprint density at radius 1 is 1.58 bits per heavy atom. The van der Waals surface area contributed by atoms with Gasteiger partial charge in [-0.2, -0.15) is 0 Å². The summed E-state index contributed by atoms with van der Waals surface area (Å²) in [5.41, 5.74) is -0.0616. The number of aromatic nitrogens is 1. The van der Waals surface area contributed by atoms with Gasteiger partial charge in [0.05, 0.1) is 21.6 Å². The van der Waals surface area contributed by atoms with Crippen molar-refractivity contribution in [2.24, 2.45) is 0 Å². The van der Waals surface area contributed by atoms with Crippen molar-refractivity contribution in [3.63, 3.8) is 0 Å². The smallest absolute Gasteiger partial charge is 0.337 e. The Hall–Kier alpha value is -1.34. The van der Waals surface area contributed by atoms with Crippen LogP contribution >= 0.6 is 11.6 Å². The fourth-order valence-electron chi connectivity index (χ4n) is 2.01. The Kier molecular flexibility index (Phi) is 3.96. The molecule has 6 nitrogen and oxygen atoms in total. The van der Waals surface area contributed by atoms with E-state index in [9.17, 15) is 13.2 Å². The lowest BCUT2D eigenvalue weighted by atomic mass is 10.2. The van der Waals surface area contributed by atoms with Crippen LogP contribution in [0.5, 0.6) is 0 Å². The molecule has 0 aliphatic carbocycles. The Bertz CT molecular complexity index is 603. The van der Waals surface area contributed by atoms with Crippen LogP contribution in [0.15, 0.2) is 12.3 Å². The van der Waals surface area contributed by atoms with E-state index in [1.807, 2.05) is 0 Å². The quantitative estimate of drug-likeness (QED) is 0.873. The monoisotopic (exact) mass is 304 g/mol. The Morgan fingerprint density at radius 2 is 2.32 bits per heavy atom. The van der Waals surface area contributed by atoms with Gasteiger partial charge in [0, 0.05) is 12.7 Å². The van der Waals surface area contributed by atoms with E-state index >= 15 is 0 Å². The van der Waals surface area contributed by atoms with E-state index in [0.717, 1.165) is 0 Å². The van der Waals surface area contributed by atoms with Gasteiger partial charge in [0.1, 0.15) is 5.82 Å². The summed E-state index contributed by atoms with van der Waals surface area (Å²) in [5.74, 6) is -0.624. The van der Waals surface area contributed by atoms with E-state index < -0.39 is 21.1 Å². The minimum atomic E-state index is -3.02. The summed E-state index contributed by atoms with van der Waals surface area (Å²) in [6.45, 7) is 0.232. The van der Waals surface area contributed by atoms with E-state index in [4.69, 9.17) is 16.7 Å². The standard InChI is InChI=1S/C11H13ClN2O4S/c12-9-6-14-10(4-8(9)11(15)16)13-5-7-2-1-3-19(7,17)18/h4,6-7H,1-3,5H2,(H,13,14)(H,15,16). The maximum Gasteiger partial charge on any atom is 0.337 e. The average molecular weight is 305 g/mol. The van der Waals surface area contributed by atoms with E-state index in [-0.39, 0.29) is 22.9 Å². The average Bonchev–Trinajstić information content (AvgIpc) is 2.67. The van der Waals surface area contributed by atoms with Crippen molar-refractivity contribution in [3.8, 4) is 0 Å². The van der Waals surface area contributed by atoms with E-state index in [0.29, 0.717) is 18.7 Å². The summed E-state index contributed by atoms with van der Waals surface area (Å²) in [6.07, 6.45) is 2.52. The first-order chi connectivity index (χ1) is 8.90. The van der Waals surface area contributed by atoms with Gasteiger partial charge in [0.25, 0.3) is 0 Å². The first-order valence-corrected chi connectivity index (χ1v) is 7.84. The number of aromatic carboxylic acids is 1. The summed E-state index contributed by atoms with van der Waals surface area (Å²) in [6, 6.07) is 1.30. The van der Waals surface area contributed by atoms with Crippen molar-refractivity contribution >= 4 is 33.2 Å². The molecule has 0 saturated carbocycles. The SMILES string of the molecule is O=C(O)c1cc(NCC2CCCS2(=O)=O)ncc1Cl. The molecule has 1 unspecified atom stereocenters. The predicted octanol–water partition coefficient (Wildman–Crippen LogP) is 1.42. The van der Waals surface area contributed by atoms with Crippen LogP contribution in [-0.2, 0) is 9.84 Å². The number of hydrogen-bond acceptors (Lipinski definition) is 5. The minimum absolute atomic E-state index is 0.0477. The maximum absolute atomic E-state index is 11.6. The van der Waals surface area contributed by atoms with E-state index in [2.05, 4.69) is 10.3 Å². The zero-order chi connectivity index (χ0) is 14.0. The molecule has 19 heavy (non-hydrogen) atoms. The second-order valence-corrected chi connectivity index (χ2v) is 7.17. The lowest BCUT2D eigenvalue weighted by Crippen LogP contribution is -2.25. The van der Waals surface area contributed by atoms with Crippen molar-refractivity contribution in [1.82, 2.24) is 4.98 Å². The molecule has 1 aliphatic heterocycles. The van der Waals surface area contributed by atoms with Crippen molar-refractivity contribution in [2.75, 3.05) is 17.6 Å². The molecule has 2 rings (SSSR count). The van der Waals surface area contributed by atoms with Crippen LogP contribution in [0.3, 0.4) is 0 Å². The number of pyridine rings is 1. The number of carboxylic acid groups (broad SMARTS) is 1. The van der Waals surface area contributed by atoms with Gasteiger partial charge in [-0.25, -0.2) is 18.2 Å². The number of carbonyl (C=O) groups is 1. The summed E-state index contributed by atoms with van der Waals surface area (Å²) in [7, 11) is -3.02. The zero-order valence-corrected chi connectivity index (χ0v) is 11.5. The number of halogens is 1. The summed E-state index contributed by atoms with van der Waals surface area (Å²) in [5, 5.41) is 11.4. The van der Waals surface area contributed by atoms with Crippen LogP contribution in [0.4, 0.5) is 5.82 Å². The van der Waals surface area contributed by atoms with Gasteiger partial charge < -0.3 is 10.4 Å². The minimum Gasteiger partial charge on any atom is -0.478 e. The van der Waals surface area contributed by atoms with Gasteiger partial charge >= 0.3 is 5.97 Å². The number of nitrogens with zero attached hydrogens (tertiary/aromatic N) is 1. The van der Waals surface area contributed by atoms with Gasteiger partial charge in [-0.15, -0.1) is 0 Å². The number of rotatable bonds is 4. The topological polar surface area (TPSA) is 96.4 Å². The number of nitrogens with one attached hydrogen (secondary N) is 1. The lowest BCUT2D eigenvalue weighted by molar-refractivity contribution is 0.0697. The van der Waals surface area contributed by atoms with Gasteiger partial charge in [0.2, 0.25) is 0 Å². The second-order valence-electron chi connectivity index (χ2n) is 4.37. The first-order valence-electron chi connectivity index (χ1n) is 5.74. The predicted molar refractivity (Wildman–Crippen MR) is 71.5 cm³/mol. The largest absolute Gasteiger partial charge is 0.478 e. The third-order valence-electron chi connectivity index (χ3n) is 3.06. The molecule has 0 spiro atoms. The fraction of sp³-hybridized carbons (Fsp3) is 0.455. The molecule has 1 fully saturated rings. The molecule has 1 atom stereocenters. The molecule has 1 saturated heterocycles. The van der Waals surface area contributed by atoms with E-state index in [1.165, 1.54) is 12.3 Å². The molecule has 2 N–H and O–H groups in total. The highest BCUT2D eigenvalue weighted by Gasteiger charge is 2.30. The molecule has 104 valence electrons. The normalized spacial score (nSPS) is 21.2. The Labute approximate surface area is 115 Å². The molecule has 8 heteroatoms. The third-order valence-corrected chi connectivity index (χ3v) is 5.64. The molecule has 0 bridgehead atoms. The lowest BCUT2D eigenvalue weighted by Gasteiger charge is -2.11. The van der Waals surface area contributed by atoms with Crippen LogP contribution in [-0.4, -0.2) is 42.0 Å². The van der Waals surface area contributed by atoms with Gasteiger partial charge in [-0.1, -0.05) is 11.6 Å². The van der Waals surface area contributed by atoms with Gasteiger partial charge in [-0.3, -0.25) is 0 Å². The highest BCUT2D eigenvalue weighted by atomic mass is 35.5. The number of anilines is 1. The van der Waals surface area contributed by atoms with Crippen molar-refractivity contribution in [2.45, 2.75) is 18.1 Å². The molecule has 0 radical (unpaired) electrons. The molecule has 0 aromatic carbocycles. The number of hydrogen-bond donors (Lipinski definition) is 2. The molecular weight excluding hydrogens is 292 g/mol. The van der Waals surface area contributed by atoms with Crippen molar-refractivity contribution < 1.29 is 18.3 Å². The number of sulfone groups is 1. The molecular formula is C11H13ClN2O4S. The fourth-order valence-corrected chi connectivity index (χ4v) is 3.95. The van der Waals surface area contributed by atoms with Crippen LogP contribution in [0, 0.1) is 0 Å². The van der Waals surface area contributed by atoms with Crippen molar-refractivity contribution in [1.29, 1.82) is 0 Å². The molecule has 1 aromatic heterocycles. The molecule has 2 heterocycles. The molecule has 1 aromatic rings. The second kappa shape index (κ2) is 5.34. The van der Waals surface area contributed by atoms with E-state index in [1.54, 1.807) is 0 Å². The Balaban J connectivity index is 2.08. The molecule has 0 amide bonds. The van der Waals surface area contributed by atoms with Gasteiger partial charge in [-0.05, 0) is 18.9 Å². The maximum atomic E-state index is 11.6. The van der Waals surface area contributed by atoms with Crippen LogP contribution in [0.1, 0.15) is 23.2 Å². The summed E-state index contributed by atoms with van der Waals surface area (Å²) >= 11 is 5.70. The Morgan fingerprint density at radius 3 is 2.89 bits per heavy atom. The number of carboxylic acids is 1. The zero-order valence-electron chi connectivity index (χ0n) is 9.97. The highest BCUT2D eigenvalue weighted by Crippen LogP contribution is 2.22. The van der Waals surface area contributed by atoms with Crippen molar-refractivity contribution in [3.05, 3.63) is 22.8 Å². The third kappa shape index (κ3) is 3.16.